The number of imide groups is 1. The first-order valence-electron chi connectivity index (χ1n) is 12.8. The highest BCUT2D eigenvalue weighted by molar-refractivity contribution is 6.00. The first kappa shape index (κ1) is 25.8. The number of para-hydroxylation sites is 3. The number of hydroxylamine groups is 2. The molecule has 0 bridgehead atoms. The van der Waals surface area contributed by atoms with Crippen molar-refractivity contribution in [2.24, 2.45) is 0 Å². The molecule has 5 rings (SSSR count). The minimum atomic E-state index is -0.319. The van der Waals surface area contributed by atoms with Gasteiger partial charge in [0.15, 0.2) is 25.3 Å². The lowest BCUT2D eigenvalue weighted by Gasteiger charge is -2.23. The maximum absolute atomic E-state index is 11.7. The number of ether oxygens (including phenoxy) is 2. The number of pyridine rings is 1. The molecule has 2 amide bonds. The summed E-state index contributed by atoms with van der Waals surface area (Å²) in [6.45, 7) is 1.06. The van der Waals surface area contributed by atoms with Crippen LogP contribution < -0.4 is 14.2 Å². The van der Waals surface area contributed by atoms with Crippen molar-refractivity contribution in [1.29, 1.82) is 0 Å². The van der Waals surface area contributed by atoms with Crippen molar-refractivity contribution in [2.45, 2.75) is 31.8 Å². The maximum atomic E-state index is 11.7. The van der Waals surface area contributed by atoms with Gasteiger partial charge >= 0.3 is 0 Å². The van der Waals surface area contributed by atoms with Crippen molar-refractivity contribution in [3.63, 3.8) is 0 Å². The van der Waals surface area contributed by atoms with Crippen LogP contribution in [0.5, 0.6) is 5.75 Å². The van der Waals surface area contributed by atoms with E-state index in [1.165, 1.54) is 0 Å². The fourth-order valence-electron chi connectivity index (χ4n) is 4.76. The van der Waals surface area contributed by atoms with Gasteiger partial charge in [0.1, 0.15) is 0 Å². The molecule has 2 aromatic carbocycles. The highest BCUT2D eigenvalue weighted by Crippen LogP contribution is 2.38. The molecule has 0 aliphatic carbocycles. The van der Waals surface area contributed by atoms with Gasteiger partial charge in [-0.05, 0) is 37.9 Å². The Morgan fingerprint density at radius 3 is 2.55 bits per heavy atom. The number of hydrogen-bond acceptors (Lipinski definition) is 7. The van der Waals surface area contributed by atoms with Crippen LogP contribution in [-0.4, -0.2) is 62.4 Å². The minimum absolute atomic E-state index is 0.121. The van der Waals surface area contributed by atoms with Gasteiger partial charge in [-0.25, -0.2) is 4.84 Å². The molecule has 0 radical (unpaired) electrons. The van der Waals surface area contributed by atoms with Crippen LogP contribution in [0.1, 0.15) is 24.8 Å². The number of carbonyl (C=O) groups is 2. The van der Waals surface area contributed by atoms with E-state index in [2.05, 4.69) is 63.0 Å². The molecule has 9 heteroatoms. The monoisotopic (exact) mass is 517 g/mol. The predicted octanol–water partition coefficient (Wildman–Crippen LogP) is 3.33. The number of aromatic nitrogens is 1. The normalized spacial score (nSPS) is 17.1. The van der Waals surface area contributed by atoms with E-state index in [1.54, 1.807) is 0 Å². The van der Waals surface area contributed by atoms with Crippen LogP contribution in [0.4, 0.5) is 5.69 Å². The first-order chi connectivity index (χ1) is 18.4. The van der Waals surface area contributed by atoms with Crippen molar-refractivity contribution in [2.75, 3.05) is 39.4 Å². The molecule has 1 saturated heterocycles. The summed E-state index contributed by atoms with van der Waals surface area (Å²) in [7, 11) is 6.03. The van der Waals surface area contributed by atoms with E-state index in [9.17, 15) is 9.59 Å². The lowest BCUT2D eigenvalue weighted by Crippen LogP contribution is -2.41. The molecule has 38 heavy (non-hydrogen) atoms. The number of anilines is 1. The third kappa shape index (κ3) is 5.40. The molecule has 0 N–H and O–H groups in total. The van der Waals surface area contributed by atoms with Crippen LogP contribution in [0.3, 0.4) is 0 Å². The van der Waals surface area contributed by atoms with Crippen LogP contribution in [-0.2, 0) is 25.7 Å². The van der Waals surface area contributed by atoms with Gasteiger partial charge in [0.25, 0.3) is 11.8 Å². The molecule has 1 aromatic heterocycles. The van der Waals surface area contributed by atoms with E-state index in [1.807, 2.05) is 39.3 Å². The topological polar surface area (TPSA) is 75.4 Å². The molecule has 1 unspecified atom stereocenters. The van der Waals surface area contributed by atoms with Gasteiger partial charge in [-0.3, -0.25) is 9.59 Å². The van der Waals surface area contributed by atoms with E-state index < -0.39 is 0 Å². The summed E-state index contributed by atoms with van der Waals surface area (Å²) in [4.78, 5) is 32.8. The zero-order valence-electron chi connectivity index (χ0n) is 22.0. The molecule has 2 aliphatic rings. The maximum Gasteiger partial charge on any atom is 0.254 e. The number of fused-ring (bicyclic) bond motifs is 2. The van der Waals surface area contributed by atoms with Crippen molar-refractivity contribution < 1.29 is 28.5 Å². The SMILES string of the molecule is CN1/C(=C/c2cc[n+](CCC(COCON3C(=O)CCC3=O)N(C)C)c3ccccc23)Oc2ccccc21. The average molecular weight is 518 g/mol. The van der Waals surface area contributed by atoms with Gasteiger partial charge in [0.05, 0.1) is 17.7 Å². The molecule has 3 heterocycles. The quantitative estimate of drug-likeness (QED) is 0.177. The Morgan fingerprint density at radius 1 is 1.05 bits per heavy atom. The lowest BCUT2D eigenvalue weighted by molar-refractivity contribution is -0.672. The Hall–Kier alpha value is -3.79. The molecular weight excluding hydrogens is 484 g/mol. The van der Waals surface area contributed by atoms with Gasteiger partial charge in [-0.15, -0.1) is 0 Å². The van der Waals surface area contributed by atoms with Crippen molar-refractivity contribution in [3.8, 4) is 5.75 Å². The number of amides is 2. The second-order valence-electron chi connectivity index (χ2n) is 9.70. The van der Waals surface area contributed by atoms with Gasteiger partial charge in [-0.2, -0.15) is 9.63 Å². The summed E-state index contributed by atoms with van der Waals surface area (Å²) >= 11 is 0. The zero-order valence-corrected chi connectivity index (χ0v) is 22.0. The Bertz CT molecular complexity index is 1360. The Labute approximate surface area is 222 Å². The molecule has 3 aromatic rings. The zero-order chi connectivity index (χ0) is 26.6. The number of likely N-dealkylation sites (N-methyl/N-ethyl adjacent to an activating group) is 1. The van der Waals surface area contributed by atoms with Gasteiger partial charge in [0, 0.05) is 50.6 Å². The Morgan fingerprint density at radius 2 is 1.79 bits per heavy atom. The molecule has 1 atom stereocenters. The van der Waals surface area contributed by atoms with Crippen molar-refractivity contribution in [1.82, 2.24) is 9.96 Å². The van der Waals surface area contributed by atoms with E-state index >= 15 is 0 Å². The van der Waals surface area contributed by atoms with E-state index in [0.29, 0.717) is 6.61 Å². The number of benzene rings is 2. The smallest absolute Gasteiger partial charge is 0.254 e. The summed E-state index contributed by atoms with van der Waals surface area (Å²) in [6.07, 6.45) is 5.41. The third-order valence-corrected chi connectivity index (χ3v) is 7.02. The highest BCUT2D eigenvalue weighted by Gasteiger charge is 2.30. The van der Waals surface area contributed by atoms with Gasteiger partial charge < -0.3 is 19.3 Å². The second-order valence-corrected chi connectivity index (χ2v) is 9.70. The number of carbonyl (C=O) groups excluding carboxylic acids is 2. The van der Waals surface area contributed by atoms with Crippen LogP contribution in [0.25, 0.3) is 17.0 Å². The van der Waals surface area contributed by atoms with Crippen LogP contribution in [0.2, 0.25) is 0 Å². The lowest BCUT2D eigenvalue weighted by atomic mass is 10.1. The summed E-state index contributed by atoms with van der Waals surface area (Å²) in [5.41, 5.74) is 3.27. The van der Waals surface area contributed by atoms with Crippen molar-refractivity contribution >= 4 is 34.5 Å². The van der Waals surface area contributed by atoms with E-state index in [-0.39, 0.29) is 37.5 Å². The summed E-state index contributed by atoms with van der Waals surface area (Å²) in [6, 6.07) is 18.6. The molecule has 2 aliphatic heterocycles. The number of aryl methyl sites for hydroxylation is 1. The predicted molar refractivity (Wildman–Crippen MR) is 143 cm³/mol. The average Bonchev–Trinajstić information content (AvgIpc) is 3.41. The fourth-order valence-corrected chi connectivity index (χ4v) is 4.76. The van der Waals surface area contributed by atoms with E-state index in [0.717, 1.165) is 51.8 Å². The summed E-state index contributed by atoms with van der Waals surface area (Å²) < 4.78 is 14.0. The highest BCUT2D eigenvalue weighted by atomic mass is 16.8. The molecule has 198 valence electrons. The van der Waals surface area contributed by atoms with Gasteiger partial charge in [-0.1, -0.05) is 24.3 Å². The molecular formula is C29H33N4O5+. The second kappa shape index (κ2) is 11.3. The number of nitrogens with zero attached hydrogens (tertiary/aromatic N) is 4. The van der Waals surface area contributed by atoms with Gasteiger partial charge in [0.2, 0.25) is 11.4 Å². The molecule has 1 fully saturated rings. The molecule has 0 spiro atoms. The molecule has 0 saturated carbocycles. The van der Waals surface area contributed by atoms with Crippen LogP contribution >= 0.6 is 0 Å². The summed E-state index contributed by atoms with van der Waals surface area (Å²) in [5, 5.41) is 1.96. The summed E-state index contributed by atoms with van der Waals surface area (Å²) in [5.74, 6) is 1.01. The van der Waals surface area contributed by atoms with Crippen molar-refractivity contribution in [3.05, 3.63) is 72.2 Å². The van der Waals surface area contributed by atoms with Crippen LogP contribution in [0, 0.1) is 0 Å². The number of rotatable bonds is 10. The number of hydrogen-bond donors (Lipinski definition) is 0. The third-order valence-electron chi connectivity index (χ3n) is 7.02. The Kier molecular flexibility index (Phi) is 7.69. The molecule has 9 nitrogen and oxygen atoms in total. The first-order valence-corrected chi connectivity index (χ1v) is 12.8. The minimum Gasteiger partial charge on any atom is -0.439 e. The fraction of sp³-hybridized carbons (Fsp3) is 0.345. The van der Waals surface area contributed by atoms with Crippen LogP contribution in [0.15, 0.2) is 66.7 Å². The Balaban J connectivity index is 1.25. The van der Waals surface area contributed by atoms with E-state index in [4.69, 9.17) is 14.3 Å². The largest absolute Gasteiger partial charge is 0.439 e. The standard InChI is InChI=1S/C29H33N4O5/c1-30(2)22(19-36-20-37-33-27(34)12-13-28(33)35)15-17-32-16-14-21(23-8-4-5-9-24(23)32)18-29-31(3)25-10-6-7-11-26(25)38-29/h4-11,14,16,18,22H,12-13,15,17,19-20H2,1-3H3/q+1.